The summed E-state index contributed by atoms with van der Waals surface area (Å²) < 4.78 is 22.9. The van der Waals surface area contributed by atoms with Gasteiger partial charge in [0.15, 0.2) is 9.84 Å². The van der Waals surface area contributed by atoms with Gasteiger partial charge in [-0.1, -0.05) is 29.8 Å². The van der Waals surface area contributed by atoms with Crippen molar-refractivity contribution in [2.45, 2.75) is 0 Å². The summed E-state index contributed by atoms with van der Waals surface area (Å²) >= 11 is 5.97. The van der Waals surface area contributed by atoms with Gasteiger partial charge in [0.05, 0.1) is 22.6 Å². The number of hydrogen-bond acceptors (Lipinski definition) is 4. The molecule has 0 atom stereocenters. The van der Waals surface area contributed by atoms with Crippen LogP contribution in [0, 0.1) is 0 Å². The van der Waals surface area contributed by atoms with Gasteiger partial charge in [-0.05, 0) is 12.1 Å². The summed E-state index contributed by atoms with van der Waals surface area (Å²) in [6.45, 7) is 0.435. The Morgan fingerprint density at radius 1 is 1.19 bits per heavy atom. The van der Waals surface area contributed by atoms with Gasteiger partial charge in [0.1, 0.15) is 5.15 Å². The van der Waals surface area contributed by atoms with E-state index >= 15 is 0 Å². The first-order valence-electron chi connectivity index (χ1n) is 6.51. The molecule has 21 heavy (non-hydrogen) atoms. The highest BCUT2D eigenvalue weighted by Gasteiger charge is 2.26. The summed E-state index contributed by atoms with van der Waals surface area (Å²) in [7, 11) is -3.01. The van der Waals surface area contributed by atoms with E-state index in [4.69, 9.17) is 11.6 Å². The van der Waals surface area contributed by atoms with E-state index < -0.39 is 9.84 Å². The van der Waals surface area contributed by atoms with Gasteiger partial charge in [0, 0.05) is 18.5 Å². The molecular weight excluding hydrogens is 312 g/mol. The van der Waals surface area contributed by atoms with Crippen LogP contribution in [0.3, 0.4) is 0 Å². The van der Waals surface area contributed by atoms with Crippen LogP contribution >= 0.6 is 11.6 Å². The van der Waals surface area contributed by atoms with Gasteiger partial charge in [0.2, 0.25) is 0 Å². The fourth-order valence-electron chi connectivity index (χ4n) is 2.41. The number of amides is 1. The van der Waals surface area contributed by atoms with Crippen molar-refractivity contribution in [3.05, 3.63) is 41.0 Å². The third-order valence-electron chi connectivity index (χ3n) is 3.55. The molecule has 1 aromatic heterocycles. The standard InChI is InChI=1S/C14H13ClN2O3S/c15-13-9-11(10-3-1-2-4-12(10)16-13)14(18)17-5-7-21(19,20)8-6-17/h1-4,9H,5-8H2. The smallest absolute Gasteiger partial charge is 0.254 e. The second-order valence-corrected chi connectivity index (χ2v) is 7.64. The van der Waals surface area contributed by atoms with Crippen LogP contribution in [0.1, 0.15) is 10.4 Å². The monoisotopic (exact) mass is 324 g/mol. The molecule has 2 aromatic rings. The molecule has 0 bridgehead atoms. The number of aromatic nitrogens is 1. The fourth-order valence-corrected chi connectivity index (χ4v) is 3.81. The van der Waals surface area contributed by atoms with Crippen molar-refractivity contribution in [2.24, 2.45) is 0 Å². The Labute approximate surface area is 127 Å². The first kappa shape index (κ1) is 14.3. The number of halogens is 1. The number of hydrogen-bond donors (Lipinski definition) is 0. The van der Waals surface area contributed by atoms with Crippen molar-refractivity contribution < 1.29 is 13.2 Å². The maximum atomic E-state index is 12.6. The Hall–Kier alpha value is -1.66. The lowest BCUT2D eigenvalue weighted by Crippen LogP contribution is -2.43. The fraction of sp³-hybridized carbons (Fsp3) is 0.286. The van der Waals surface area contributed by atoms with E-state index in [1.54, 1.807) is 11.0 Å². The Morgan fingerprint density at radius 3 is 2.57 bits per heavy atom. The highest BCUT2D eigenvalue weighted by atomic mass is 35.5. The number of para-hydroxylation sites is 1. The minimum atomic E-state index is -3.01. The predicted octanol–water partition coefficient (Wildman–Crippen LogP) is 1.76. The van der Waals surface area contributed by atoms with Gasteiger partial charge in [0.25, 0.3) is 5.91 Å². The first-order valence-corrected chi connectivity index (χ1v) is 8.71. The van der Waals surface area contributed by atoms with Gasteiger partial charge >= 0.3 is 0 Å². The van der Waals surface area contributed by atoms with Crippen molar-refractivity contribution >= 4 is 38.2 Å². The quantitative estimate of drug-likeness (QED) is 0.750. The maximum absolute atomic E-state index is 12.6. The van der Waals surface area contributed by atoms with Crippen LogP contribution in [-0.2, 0) is 9.84 Å². The molecule has 1 aromatic carbocycles. The van der Waals surface area contributed by atoms with Crippen molar-refractivity contribution in [1.82, 2.24) is 9.88 Å². The Bertz CT molecular complexity index is 806. The summed E-state index contributed by atoms with van der Waals surface area (Å²) in [5.41, 5.74) is 1.11. The van der Waals surface area contributed by atoms with Crippen LogP contribution in [0.15, 0.2) is 30.3 Å². The van der Waals surface area contributed by atoms with Gasteiger partial charge in [-0.25, -0.2) is 13.4 Å². The van der Waals surface area contributed by atoms with E-state index in [0.29, 0.717) is 11.1 Å². The predicted molar refractivity (Wildman–Crippen MR) is 81.3 cm³/mol. The molecule has 0 aliphatic carbocycles. The van der Waals surface area contributed by atoms with E-state index in [2.05, 4.69) is 4.98 Å². The lowest BCUT2D eigenvalue weighted by Gasteiger charge is -2.27. The minimum absolute atomic E-state index is 0.00941. The lowest BCUT2D eigenvalue weighted by molar-refractivity contribution is 0.0772. The average molecular weight is 325 g/mol. The summed E-state index contributed by atoms with van der Waals surface area (Å²) in [4.78, 5) is 18.4. The number of pyridine rings is 1. The van der Waals surface area contributed by atoms with Gasteiger partial charge < -0.3 is 4.90 Å². The number of benzene rings is 1. The molecule has 7 heteroatoms. The van der Waals surface area contributed by atoms with Crippen LogP contribution in [0.25, 0.3) is 10.9 Å². The molecule has 0 N–H and O–H groups in total. The van der Waals surface area contributed by atoms with Crippen LogP contribution in [0.2, 0.25) is 5.15 Å². The van der Waals surface area contributed by atoms with Crippen molar-refractivity contribution in [3.8, 4) is 0 Å². The first-order chi connectivity index (χ1) is 9.96. The second-order valence-electron chi connectivity index (χ2n) is 4.95. The van der Waals surface area contributed by atoms with E-state index in [-0.39, 0.29) is 35.7 Å². The van der Waals surface area contributed by atoms with Crippen LogP contribution in [0.4, 0.5) is 0 Å². The van der Waals surface area contributed by atoms with Crippen molar-refractivity contribution in [2.75, 3.05) is 24.6 Å². The SMILES string of the molecule is O=C(c1cc(Cl)nc2ccccc12)N1CCS(=O)(=O)CC1. The summed E-state index contributed by atoms with van der Waals surface area (Å²) in [5.74, 6) is -0.185. The molecule has 110 valence electrons. The van der Waals surface area contributed by atoms with E-state index in [1.807, 2.05) is 18.2 Å². The van der Waals surface area contributed by atoms with Gasteiger partial charge in [-0.2, -0.15) is 0 Å². The van der Waals surface area contributed by atoms with Crippen LogP contribution in [0.5, 0.6) is 0 Å². The van der Waals surface area contributed by atoms with E-state index in [0.717, 1.165) is 5.39 Å². The number of rotatable bonds is 1. The molecule has 0 spiro atoms. The third-order valence-corrected chi connectivity index (χ3v) is 5.35. The Kier molecular flexibility index (Phi) is 3.59. The van der Waals surface area contributed by atoms with Crippen LogP contribution in [-0.4, -0.2) is 48.8 Å². The molecular formula is C14H13ClN2O3S. The average Bonchev–Trinajstić information content (AvgIpc) is 2.45. The number of nitrogens with zero attached hydrogens (tertiary/aromatic N) is 2. The van der Waals surface area contributed by atoms with Crippen LogP contribution < -0.4 is 0 Å². The Balaban J connectivity index is 1.99. The maximum Gasteiger partial charge on any atom is 0.254 e. The summed E-state index contributed by atoms with van der Waals surface area (Å²) in [5, 5.41) is 0.974. The van der Waals surface area contributed by atoms with Gasteiger partial charge in [-0.15, -0.1) is 0 Å². The summed E-state index contributed by atoms with van der Waals surface area (Å²) in [6, 6.07) is 8.79. The lowest BCUT2D eigenvalue weighted by atomic mass is 10.1. The molecule has 0 unspecified atom stereocenters. The van der Waals surface area contributed by atoms with E-state index in [1.165, 1.54) is 6.07 Å². The highest BCUT2D eigenvalue weighted by molar-refractivity contribution is 7.91. The summed E-state index contributed by atoms with van der Waals surface area (Å²) in [6.07, 6.45) is 0. The molecule has 1 saturated heterocycles. The molecule has 1 amide bonds. The molecule has 2 heterocycles. The van der Waals surface area contributed by atoms with Crippen molar-refractivity contribution in [1.29, 1.82) is 0 Å². The number of fused-ring (bicyclic) bond motifs is 1. The zero-order chi connectivity index (χ0) is 15.0. The van der Waals surface area contributed by atoms with E-state index in [9.17, 15) is 13.2 Å². The molecule has 0 radical (unpaired) electrons. The second kappa shape index (κ2) is 5.27. The number of carbonyl (C=O) groups is 1. The molecule has 0 saturated carbocycles. The third kappa shape index (κ3) is 2.87. The zero-order valence-corrected chi connectivity index (χ0v) is 12.7. The molecule has 1 aliphatic heterocycles. The molecule has 5 nitrogen and oxygen atoms in total. The molecule has 3 rings (SSSR count). The number of sulfone groups is 1. The zero-order valence-electron chi connectivity index (χ0n) is 11.1. The largest absolute Gasteiger partial charge is 0.337 e. The van der Waals surface area contributed by atoms with Gasteiger partial charge in [-0.3, -0.25) is 4.79 Å². The Morgan fingerprint density at radius 2 is 1.86 bits per heavy atom. The topological polar surface area (TPSA) is 67.3 Å². The molecule has 1 fully saturated rings. The highest BCUT2D eigenvalue weighted by Crippen LogP contribution is 2.22. The molecule has 1 aliphatic rings. The van der Waals surface area contributed by atoms with Crippen molar-refractivity contribution in [3.63, 3.8) is 0 Å². The normalized spacial score (nSPS) is 17.9. The minimum Gasteiger partial charge on any atom is -0.337 e. The number of carbonyl (C=O) groups excluding carboxylic acids is 1.